The van der Waals surface area contributed by atoms with Crippen LogP contribution in [0.1, 0.15) is 12.8 Å². The fourth-order valence-electron chi connectivity index (χ4n) is 2.13. The molecule has 1 N–H and O–H groups in total. The summed E-state index contributed by atoms with van der Waals surface area (Å²) in [5, 5.41) is 9.72. The minimum atomic E-state index is -0.868. The second kappa shape index (κ2) is 7.43. The molecule has 2 rings (SSSR count). The molecule has 1 aromatic heterocycles. The van der Waals surface area contributed by atoms with Crippen molar-refractivity contribution in [1.82, 2.24) is 9.88 Å². The average Bonchev–Trinajstić information content (AvgIpc) is 2.45. The lowest BCUT2D eigenvalue weighted by Gasteiger charge is -2.29. The van der Waals surface area contributed by atoms with Gasteiger partial charge in [0.25, 0.3) is 0 Å². The summed E-state index contributed by atoms with van der Waals surface area (Å²) in [4.78, 5) is 6.22. The quantitative estimate of drug-likeness (QED) is 0.782. The monoisotopic (exact) mass is 266 g/mol. The highest BCUT2D eigenvalue weighted by atomic mass is 16.6. The molecule has 5 heteroatoms. The summed E-state index contributed by atoms with van der Waals surface area (Å²) in [7, 11) is 2.13. The summed E-state index contributed by atoms with van der Waals surface area (Å²) in [5.74, 6) is 1.24. The normalized spacial score (nSPS) is 19.3. The van der Waals surface area contributed by atoms with Crippen LogP contribution in [0.4, 0.5) is 0 Å². The molecule has 1 atom stereocenters. The minimum absolute atomic E-state index is 0.149. The SMILES string of the molecule is CN1CCC(COC(O)COc2ccncc2)CC1. The van der Waals surface area contributed by atoms with Gasteiger partial charge in [-0.1, -0.05) is 0 Å². The van der Waals surface area contributed by atoms with E-state index in [0.717, 1.165) is 25.9 Å². The summed E-state index contributed by atoms with van der Waals surface area (Å²) in [6, 6.07) is 3.51. The van der Waals surface area contributed by atoms with Crippen LogP contribution in [0.2, 0.25) is 0 Å². The Kier molecular flexibility index (Phi) is 5.57. The third-order valence-corrected chi connectivity index (χ3v) is 3.40. The average molecular weight is 266 g/mol. The number of pyridine rings is 1. The summed E-state index contributed by atoms with van der Waals surface area (Å²) in [6.45, 7) is 2.97. The Morgan fingerprint density at radius 2 is 2.05 bits per heavy atom. The number of likely N-dealkylation sites (tertiary alicyclic amines) is 1. The molecule has 1 saturated heterocycles. The number of aliphatic hydroxyl groups excluding tert-OH is 1. The highest BCUT2D eigenvalue weighted by Crippen LogP contribution is 2.16. The number of aliphatic hydroxyl groups is 1. The van der Waals surface area contributed by atoms with E-state index in [1.54, 1.807) is 24.5 Å². The van der Waals surface area contributed by atoms with Gasteiger partial charge in [-0.15, -0.1) is 0 Å². The Labute approximate surface area is 114 Å². The smallest absolute Gasteiger partial charge is 0.189 e. The third-order valence-electron chi connectivity index (χ3n) is 3.40. The molecule has 5 nitrogen and oxygen atoms in total. The van der Waals surface area contributed by atoms with Crippen LogP contribution in [0.5, 0.6) is 5.75 Å². The number of aromatic nitrogens is 1. The third kappa shape index (κ3) is 5.14. The largest absolute Gasteiger partial charge is 0.488 e. The number of ether oxygens (including phenoxy) is 2. The van der Waals surface area contributed by atoms with Crippen molar-refractivity contribution in [3.63, 3.8) is 0 Å². The maximum Gasteiger partial charge on any atom is 0.189 e. The molecule has 0 aromatic carbocycles. The van der Waals surface area contributed by atoms with Crippen molar-refractivity contribution >= 4 is 0 Å². The van der Waals surface area contributed by atoms with Crippen molar-refractivity contribution in [1.29, 1.82) is 0 Å². The Morgan fingerprint density at radius 3 is 2.74 bits per heavy atom. The molecule has 2 heterocycles. The van der Waals surface area contributed by atoms with E-state index >= 15 is 0 Å². The van der Waals surface area contributed by atoms with E-state index in [2.05, 4.69) is 16.9 Å². The lowest BCUT2D eigenvalue weighted by Crippen LogP contribution is -2.33. The molecule has 0 bridgehead atoms. The number of piperidine rings is 1. The molecule has 0 saturated carbocycles. The lowest BCUT2D eigenvalue weighted by atomic mass is 9.98. The zero-order valence-electron chi connectivity index (χ0n) is 11.4. The van der Waals surface area contributed by atoms with Crippen molar-refractivity contribution < 1.29 is 14.6 Å². The van der Waals surface area contributed by atoms with Crippen molar-refractivity contribution in [2.75, 3.05) is 33.4 Å². The van der Waals surface area contributed by atoms with Gasteiger partial charge in [0.2, 0.25) is 0 Å². The fraction of sp³-hybridized carbons (Fsp3) is 0.643. The number of rotatable bonds is 6. The number of hydrogen-bond donors (Lipinski definition) is 1. The standard InChI is InChI=1S/C14H22N2O3/c1-16-8-4-12(5-9-16)10-19-14(17)11-18-13-2-6-15-7-3-13/h2-3,6-7,12,14,17H,4-5,8-11H2,1H3. The highest BCUT2D eigenvalue weighted by molar-refractivity contribution is 5.16. The molecule has 0 radical (unpaired) electrons. The first-order chi connectivity index (χ1) is 9.24. The van der Waals surface area contributed by atoms with Gasteiger partial charge < -0.3 is 19.5 Å². The molecular weight excluding hydrogens is 244 g/mol. The molecule has 0 amide bonds. The Morgan fingerprint density at radius 1 is 1.37 bits per heavy atom. The molecule has 1 aliphatic heterocycles. The van der Waals surface area contributed by atoms with Gasteiger partial charge in [-0.2, -0.15) is 0 Å². The van der Waals surface area contributed by atoms with E-state index in [0.29, 0.717) is 18.3 Å². The van der Waals surface area contributed by atoms with E-state index in [4.69, 9.17) is 9.47 Å². The zero-order valence-corrected chi connectivity index (χ0v) is 11.4. The van der Waals surface area contributed by atoms with E-state index in [9.17, 15) is 5.11 Å². The summed E-state index contributed by atoms with van der Waals surface area (Å²) in [5.41, 5.74) is 0. The van der Waals surface area contributed by atoms with E-state index in [-0.39, 0.29) is 6.61 Å². The second-order valence-corrected chi connectivity index (χ2v) is 5.03. The van der Waals surface area contributed by atoms with Gasteiger partial charge in [-0.3, -0.25) is 4.98 Å². The molecule has 1 unspecified atom stereocenters. The number of hydrogen-bond acceptors (Lipinski definition) is 5. The van der Waals surface area contributed by atoms with Gasteiger partial charge in [0.1, 0.15) is 12.4 Å². The van der Waals surface area contributed by atoms with Crippen LogP contribution in [0, 0.1) is 5.92 Å². The maximum atomic E-state index is 9.72. The first-order valence-electron chi connectivity index (χ1n) is 6.75. The second-order valence-electron chi connectivity index (χ2n) is 5.03. The molecule has 0 spiro atoms. The van der Waals surface area contributed by atoms with Crippen molar-refractivity contribution in [2.24, 2.45) is 5.92 Å². The fourth-order valence-corrected chi connectivity index (χ4v) is 2.13. The van der Waals surface area contributed by atoms with Crippen LogP contribution in [0.25, 0.3) is 0 Å². The van der Waals surface area contributed by atoms with Crippen LogP contribution in [0.15, 0.2) is 24.5 Å². The summed E-state index contributed by atoms with van der Waals surface area (Å²) >= 11 is 0. The van der Waals surface area contributed by atoms with Gasteiger partial charge in [0.15, 0.2) is 6.29 Å². The molecule has 1 aromatic rings. The van der Waals surface area contributed by atoms with Crippen molar-refractivity contribution in [3.05, 3.63) is 24.5 Å². The van der Waals surface area contributed by atoms with Crippen LogP contribution < -0.4 is 4.74 Å². The van der Waals surface area contributed by atoms with Crippen molar-refractivity contribution in [2.45, 2.75) is 19.1 Å². The molecule has 0 aliphatic carbocycles. The van der Waals surface area contributed by atoms with Crippen molar-refractivity contribution in [3.8, 4) is 5.75 Å². The first kappa shape index (κ1) is 14.2. The predicted octanol–water partition coefficient (Wildman–Crippen LogP) is 1.14. The summed E-state index contributed by atoms with van der Waals surface area (Å²) < 4.78 is 10.8. The molecular formula is C14H22N2O3. The molecule has 1 fully saturated rings. The maximum absolute atomic E-state index is 9.72. The van der Waals surface area contributed by atoms with E-state index in [1.165, 1.54) is 0 Å². The van der Waals surface area contributed by atoms with Crippen LogP contribution in [-0.4, -0.2) is 54.6 Å². The topological polar surface area (TPSA) is 54.8 Å². The summed E-state index contributed by atoms with van der Waals surface area (Å²) in [6.07, 6.45) is 4.71. The van der Waals surface area contributed by atoms with E-state index < -0.39 is 6.29 Å². The van der Waals surface area contributed by atoms with Crippen LogP contribution >= 0.6 is 0 Å². The van der Waals surface area contributed by atoms with Gasteiger partial charge in [0.05, 0.1) is 6.61 Å². The number of nitrogens with zero attached hydrogens (tertiary/aromatic N) is 2. The molecule has 19 heavy (non-hydrogen) atoms. The van der Waals surface area contributed by atoms with Gasteiger partial charge in [-0.25, -0.2) is 0 Å². The Balaban J connectivity index is 1.61. The minimum Gasteiger partial charge on any atom is -0.488 e. The lowest BCUT2D eigenvalue weighted by molar-refractivity contribution is -0.131. The van der Waals surface area contributed by atoms with Gasteiger partial charge in [0, 0.05) is 12.4 Å². The Hall–Kier alpha value is -1.17. The van der Waals surface area contributed by atoms with Gasteiger partial charge in [-0.05, 0) is 51.0 Å². The zero-order chi connectivity index (χ0) is 13.5. The molecule has 106 valence electrons. The van der Waals surface area contributed by atoms with E-state index in [1.807, 2.05) is 0 Å². The molecule has 1 aliphatic rings. The highest BCUT2D eigenvalue weighted by Gasteiger charge is 2.18. The van der Waals surface area contributed by atoms with Crippen LogP contribution in [-0.2, 0) is 4.74 Å². The van der Waals surface area contributed by atoms with Crippen LogP contribution in [0.3, 0.4) is 0 Å². The predicted molar refractivity (Wildman–Crippen MR) is 71.9 cm³/mol. The first-order valence-corrected chi connectivity index (χ1v) is 6.75. The Bertz CT molecular complexity index is 353. The van der Waals surface area contributed by atoms with Gasteiger partial charge >= 0.3 is 0 Å².